The second-order valence-electron chi connectivity index (χ2n) is 7.58. The van der Waals surface area contributed by atoms with Crippen LogP contribution in [0.2, 0.25) is 0 Å². The molecule has 0 saturated carbocycles. The lowest BCUT2D eigenvalue weighted by molar-refractivity contribution is -0.261. The van der Waals surface area contributed by atoms with Crippen molar-refractivity contribution in [1.29, 1.82) is 0 Å². The lowest BCUT2D eigenvalue weighted by Gasteiger charge is -2.27. The molecular weight excluding hydrogens is 457 g/mol. The van der Waals surface area contributed by atoms with Gasteiger partial charge in [-0.05, 0) is 19.4 Å². The SMILES string of the molecule is COc1c([C@H]2C[C@@](C)(C(F)(F)F)O[C@@H]2C(=O)Nc2cnc([C@@H](O)CO)nc2)ccc(F)c1F. The van der Waals surface area contributed by atoms with Crippen LogP contribution in [-0.2, 0) is 9.53 Å². The maximum atomic E-state index is 14.2. The van der Waals surface area contributed by atoms with Gasteiger partial charge >= 0.3 is 6.18 Å². The Morgan fingerprint density at radius 1 is 1.33 bits per heavy atom. The van der Waals surface area contributed by atoms with Gasteiger partial charge < -0.3 is 25.0 Å². The van der Waals surface area contributed by atoms with Gasteiger partial charge in [-0.2, -0.15) is 17.6 Å². The van der Waals surface area contributed by atoms with Crippen LogP contribution in [0.15, 0.2) is 24.5 Å². The summed E-state index contributed by atoms with van der Waals surface area (Å²) >= 11 is 0. The van der Waals surface area contributed by atoms with Crippen molar-refractivity contribution in [1.82, 2.24) is 9.97 Å². The minimum atomic E-state index is -4.86. The van der Waals surface area contributed by atoms with Crippen molar-refractivity contribution in [3.63, 3.8) is 0 Å². The molecule has 0 radical (unpaired) electrons. The highest BCUT2D eigenvalue weighted by molar-refractivity contribution is 5.95. The van der Waals surface area contributed by atoms with Crippen LogP contribution in [0.1, 0.15) is 36.8 Å². The average molecular weight is 477 g/mol. The van der Waals surface area contributed by atoms with Crippen LogP contribution in [0.4, 0.5) is 27.6 Å². The summed E-state index contributed by atoms with van der Waals surface area (Å²) in [5, 5.41) is 20.7. The number of halogens is 5. The average Bonchev–Trinajstić information content (AvgIpc) is 3.14. The molecular formula is C20H20F5N3O5. The van der Waals surface area contributed by atoms with Crippen molar-refractivity contribution in [2.75, 3.05) is 19.0 Å². The van der Waals surface area contributed by atoms with Crippen LogP contribution in [0.5, 0.6) is 5.75 Å². The highest BCUT2D eigenvalue weighted by Crippen LogP contribution is 2.51. The number of aromatic nitrogens is 2. The molecule has 1 aromatic heterocycles. The van der Waals surface area contributed by atoms with E-state index in [4.69, 9.17) is 14.6 Å². The number of hydrogen-bond donors (Lipinski definition) is 3. The first-order chi connectivity index (χ1) is 15.4. The molecule has 2 heterocycles. The Bertz CT molecular complexity index is 1020. The number of nitrogens with one attached hydrogen (secondary N) is 1. The van der Waals surface area contributed by atoms with E-state index >= 15 is 0 Å². The number of aliphatic hydroxyl groups excluding tert-OH is 2. The summed E-state index contributed by atoms with van der Waals surface area (Å²) in [5.74, 6) is -5.78. The van der Waals surface area contributed by atoms with Crippen LogP contribution in [0, 0.1) is 11.6 Å². The van der Waals surface area contributed by atoms with Crippen molar-refractivity contribution in [2.45, 2.75) is 43.2 Å². The number of anilines is 1. The van der Waals surface area contributed by atoms with Crippen LogP contribution in [0.3, 0.4) is 0 Å². The maximum absolute atomic E-state index is 14.2. The molecule has 13 heteroatoms. The Morgan fingerprint density at radius 3 is 2.52 bits per heavy atom. The maximum Gasteiger partial charge on any atom is 0.417 e. The van der Waals surface area contributed by atoms with Gasteiger partial charge in [0.2, 0.25) is 5.82 Å². The third-order valence-electron chi connectivity index (χ3n) is 5.31. The first-order valence-electron chi connectivity index (χ1n) is 9.60. The quantitative estimate of drug-likeness (QED) is 0.548. The van der Waals surface area contributed by atoms with Crippen molar-refractivity contribution in [3.8, 4) is 5.75 Å². The summed E-state index contributed by atoms with van der Waals surface area (Å²) in [4.78, 5) is 20.4. The van der Waals surface area contributed by atoms with E-state index in [-0.39, 0.29) is 17.1 Å². The van der Waals surface area contributed by atoms with Gasteiger partial charge in [0, 0.05) is 11.5 Å². The van der Waals surface area contributed by atoms with E-state index in [2.05, 4.69) is 15.3 Å². The number of carbonyl (C=O) groups excluding carboxylic acids is 1. The number of rotatable bonds is 6. The minimum Gasteiger partial charge on any atom is -0.493 e. The van der Waals surface area contributed by atoms with E-state index in [0.29, 0.717) is 0 Å². The van der Waals surface area contributed by atoms with Crippen molar-refractivity contribution in [3.05, 3.63) is 47.5 Å². The molecule has 1 amide bonds. The summed E-state index contributed by atoms with van der Waals surface area (Å²) in [7, 11) is 1.02. The van der Waals surface area contributed by atoms with Crippen LogP contribution in [-0.4, -0.2) is 57.7 Å². The van der Waals surface area contributed by atoms with Gasteiger partial charge in [-0.1, -0.05) is 6.07 Å². The van der Waals surface area contributed by atoms with E-state index < -0.39 is 66.2 Å². The van der Waals surface area contributed by atoms with Gasteiger partial charge in [0.05, 0.1) is 31.8 Å². The second-order valence-corrected chi connectivity index (χ2v) is 7.58. The molecule has 1 saturated heterocycles. The summed E-state index contributed by atoms with van der Waals surface area (Å²) in [6, 6.07) is 1.77. The lowest BCUT2D eigenvalue weighted by atomic mass is 9.85. The number of aliphatic hydroxyl groups is 2. The fourth-order valence-corrected chi connectivity index (χ4v) is 3.55. The Balaban J connectivity index is 1.95. The first kappa shape index (κ1) is 24.7. The first-order valence-corrected chi connectivity index (χ1v) is 9.60. The number of carbonyl (C=O) groups is 1. The molecule has 0 bridgehead atoms. The van der Waals surface area contributed by atoms with E-state index in [1.807, 2.05) is 0 Å². The molecule has 1 aliphatic heterocycles. The Hall–Kier alpha value is -2.90. The molecule has 4 atom stereocenters. The zero-order valence-corrected chi connectivity index (χ0v) is 17.4. The van der Waals surface area contributed by atoms with Gasteiger partial charge in [-0.3, -0.25) is 4.79 Å². The van der Waals surface area contributed by atoms with E-state index in [9.17, 15) is 31.9 Å². The fourth-order valence-electron chi connectivity index (χ4n) is 3.55. The summed E-state index contributed by atoms with van der Waals surface area (Å²) in [5.41, 5.74) is -2.95. The Kier molecular flexibility index (Phi) is 6.86. The van der Waals surface area contributed by atoms with E-state index in [1.54, 1.807) is 0 Å². The highest BCUT2D eigenvalue weighted by Gasteiger charge is 2.61. The number of alkyl halides is 3. The molecule has 2 aromatic rings. The normalized spacial score (nSPS) is 23.9. The molecule has 1 aliphatic rings. The molecule has 0 spiro atoms. The second kappa shape index (κ2) is 9.15. The lowest BCUT2D eigenvalue weighted by Crippen LogP contribution is -2.43. The Morgan fingerprint density at radius 2 is 1.97 bits per heavy atom. The molecule has 3 rings (SSSR count). The van der Waals surface area contributed by atoms with Gasteiger partial charge in [-0.15, -0.1) is 0 Å². The number of nitrogens with zero attached hydrogens (tertiary/aromatic N) is 2. The number of benzene rings is 1. The van der Waals surface area contributed by atoms with Crippen molar-refractivity contribution >= 4 is 11.6 Å². The van der Waals surface area contributed by atoms with Gasteiger partial charge in [0.1, 0.15) is 12.2 Å². The smallest absolute Gasteiger partial charge is 0.417 e. The van der Waals surface area contributed by atoms with Gasteiger partial charge in [-0.25, -0.2) is 14.4 Å². The number of ether oxygens (including phenoxy) is 2. The highest BCUT2D eigenvalue weighted by atomic mass is 19.4. The molecule has 0 unspecified atom stereocenters. The molecule has 33 heavy (non-hydrogen) atoms. The fraction of sp³-hybridized carbons (Fsp3) is 0.450. The summed E-state index contributed by atoms with van der Waals surface area (Å²) in [6.07, 6.45) is -6.58. The zero-order chi connectivity index (χ0) is 24.6. The molecule has 1 aromatic carbocycles. The third kappa shape index (κ3) is 4.75. The largest absolute Gasteiger partial charge is 0.493 e. The predicted octanol–water partition coefficient (Wildman–Crippen LogP) is 2.62. The topological polar surface area (TPSA) is 114 Å². The standard InChI is InChI=1S/C20H20F5N3O5/c1-19(20(23,24)25)5-11(10-3-4-12(21)14(22)15(10)32-2)16(33-19)18(31)28-9-6-26-17(27-7-9)13(30)8-29/h3-4,6-7,11,13,16,29-30H,5,8H2,1-2H3,(H,28,31)/t11-,13+,16+,19+/m1/s1. The number of methoxy groups -OCH3 is 1. The van der Waals surface area contributed by atoms with Gasteiger partial charge in [0.25, 0.3) is 5.91 Å². The number of amides is 1. The van der Waals surface area contributed by atoms with E-state index in [0.717, 1.165) is 38.6 Å². The minimum absolute atomic E-state index is 0.0332. The third-order valence-corrected chi connectivity index (χ3v) is 5.31. The Labute approximate surface area is 184 Å². The summed E-state index contributed by atoms with van der Waals surface area (Å²) < 4.78 is 79.0. The molecule has 1 fully saturated rings. The molecule has 3 N–H and O–H groups in total. The van der Waals surface area contributed by atoms with Crippen LogP contribution < -0.4 is 10.1 Å². The van der Waals surface area contributed by atoms with E-state index in [1.165, 1.54) is 0 Å². The van der Waals surface area contributed by atoms with Crippen LogP contribution >= 0.6 is 0 Å². The number of hydrogen-bond acceptors (Lipinski definition) is 7. The monoisotopic (exact) mass is 477 g/mol. The molecule has 180 valence electrons. The predicted molar refractivity (Wildman–Crippen MR) is 102 cm³/mol. The molecule has 8 nitrogen and oxygen atoms in total. The zero-order valence-electron chi connectivity index (χ0n) is 17.4. The van der Waals surface area contributed by atoms with Crippen molar-refractivity contribution < 1.29 is 46.4 Å². The van der Waals surface area contributed by atoms with Crippen molar-refractivity contribution in [2.24, 2.45) is 0 Å². The summed E-state index contributed by atoms with van der Waals surface area (Å²) in [6.45, 7) is 0.114. The van der Waals surface area contributed by atoms with Crippen LogP contribution in [0.25, 0.3) is 0 Å². The molecule has 0 aliphatic carbocycles. The van der Waals surface area contributed by atoms with Gasteiger partial charge in [0.15, 0.2) is 23.0 Å².